The molecule has 2 aromatic heterocycles. The maximum Gasteiger partial charge on any atom is 0.341 e. The first kappa shape index (κ1) is 57.1. The fourth-order valence-corrected chi connectivity index (χ4v) is 10.2. The van der Waals surface area contributed by atoms with Crippen molar-refractivity contribution >= 4 is 28.8 Å². The number of carboxylic acids is 1. The highest BCUT2D eigenvalue weighted by Gasteiger charge is 2.53. The molecule has 68 heavy (non-hydrogen) atoms. The van der Waals surface area contributed by atoms with Gasteiger partial charge in [-0.3, -0.25) is 14.4 Å². The van der Waals surface area contributed by atoms with Crippen LogP contribution >= 0.6 is 0 Å². The summed E-state index contributed by atoms with van der Waals surface area (Å²) < 4.78 is 38.7. The molecule has 19 nitrogen and oxygen atoms in total. The standard InChI is InChI=1S/C37H67NO13.C12H12N2O3/c1-14-25-37(10,45)30(41)20(4)27(39)18(2)16-35(8,44)32(51-34-28(40)24(38(11)12)15-19(3)47-34)21(5)29(22(6)33(43)49-25)50-26-17-36(9,46-13)31(42)23(7)48-26;1-3-14-6-9(12(16)17)10(15)8-5-4-7(2)13-11(8)14/h18-26,28-32,34,40-42,44-45H,14-17H2,1-13H3;4-6H,3H2,1-2H3,(H,16,17)/t18-,19-,20+,21+,22-,23+,24+,25-,26+,28-,29+,30-,31+,32-,34+,35-,36-,37-;/m1./s1. The number of aromatic carboxylic acids is 1. The van der Waals surface area contributed by atoms with Crippen molar-refractivity contribution in [3.8, 4) is 0 Å². The summed E-state index contributed by atoms with van der Waals surface area (Å²) in [5.74, 6) is -6.19. The number of nitrogens with zero attached hydrogens (tertiary/aromatic N) is 3. The van der Waals surface area contributed by atoms with Gasteiger partial charge in [-0.15, -0.1) is 0 Å². The highest BCUT2D eigenvalue weighted by molar-refractivity contribution is 5.91. The van der Waals surface area contributed by atoms with Crippen LogP contribution in [-0.4, -0.2) is 168 Å². The summed E-state index contributed by atoms with van der Waals surface area (Å²) in [6.45, 7) is 20.6. The van der Waals surface area contributed by atoms with Crippen molar-refractivity contribution in [2.45, 2.75) is 200 Å². The number of carbonyl (C=O) groups excluding carboxylic acids is 2. The fourth-order valence-electron chi connectivity index (χ4n) is 10.2. The lowest BCUT2D eigenvalue weighted by atomic mass is 9.74. The molecule has 3 saturated heterocycles. The van der Waals surface area contributed by atoms with Crippen LogP contribution in [0.15, 0.2) is 23.1 Å². The molecule has 0 radical (unpaired) electrons. The number of carbonyl (C=O) groups is 3. The third-order valence-corrected chi connectivity index (χ3v) is 14.5. The number of aryl methyl sites for hydroxylation is 2. The van der Waals surface area contributed by atoms with E-state index in [0.29, 0.717) is 24.0 Å². The minimum atomic E-state index is -1.99. The van der Waals surface area contributed by atoms with Gasteiger partial charge < -0.3 is 68.5 Å². The zero-order valence-electron chi connectivity index (χ0n) is 42.5. The molecule has 3 aliphatic rings. The molecule has 19 heteroatoms. The number of methoxy groups -OCH3 is 1. The SMILES string of the molecule is CC[C@H]1OC(=O)[C@H](C)[C@@H](O[C@H]2C[C@@](C)(OC)[C@@H](O)[C@H](C)O2)[C@H](C)[C@@H](O[C@@H]2O[C@H](C)C[C@H](N(C)C)[C@H]2O)[C@](C)(O)C[C@@H](C)C(=O)[C@H](C)[C@@H](O)[C@]1(C)O.CCn1cc(C(=O)O)c(=O)c2ccc(C)nc21. The Morgan fingerprint density at radius 1 is 0.926 bits per heavy atom. The van der Waals surface area contributed by atoms with E-state index in [2.05, 4.69) is 4.98 Å². The maximum atomic E-state index is 14.1. The topological polar surface area (TPSA) is 266 Å². The number of aliphatic hydroxyl groups is 5. The molecule has 0 unspecified atom stereocenters. The van der Waals surface area contributed by atoms with Gasteiger partial charge in [-0.05, 0) is 101 Å². The van der Waals surface area contributed by atoms with E-state index in [1.165, 1.54) is 34.1 Å². The van der Waals surface area contributed by atoms with Gasteiger partial charge in [0.25, 0.3) is 0 Å². The van der Waals surface area contributed by atoms with Gasteiger partial charge in [-0.2, -0.15) is 0 Å². The second-order valence-corrected chi connectivity index (χ2v) is 20.3. The van der Waals surface area contributed by atoms with Gasteiger partial charge in [0, 0.05) is 55.8 Å². The molecule has 18 atom stereocenters. The van der Waals surface area contributed by atoms with Crippen LogP contribution in [0.2, 0.25) is 0 Å². The molecular weight excluding hydrogens is 887 g/mol. The highest BCUT2D eigenvalue weighted by Crippen LogP contribution is 2.41. The summed E-state index contributed by atoms with van der Waals surface area (Å²) >= 11 is 0. The molecule has 0 amide bonds. The Morgan fingerprint density at radius 3 is 2.12 bits per heavy atom. The first-order chi connectivity index (χ1) is 31.5. The maximum absolute atomic E-state index is 14.1. The van der Waals surface area contributed by atoms with Crippen LogP contribution in [-0.2, 0) is 44.6 Å². The van der Waals surface area contributed by atoms with E-state index in [1.807, 2.05) is 39.8 Å². The zero-order chi connectivity index (χ0) is 51.5. The number of esters is 1. The van der Waals surface area contributed by atoms with Crippen molar-refractivity contribution < 1.29 is 73.4 Å². The third kappa shape index (κ3) is 12.3. The van der Waals surface area contributed by atoms with E-state index in [9.17, 15) is 44.7 Å². The summed E-state index contributed by atoms with van der Waals surface area (Å²) in [6.07, 6.45) is -8.36. The molecular formula is C49H79N3O16. The molecule has 3 aliphatic heterocycles. The van der Waals surface area contributed by atoms with Crippen molar-refractivity contribution in [1.29, 1.82) is 0 Å². The van der Waals surface area contributed by atoms with E-state index >= 15 is 0 Å². The van der Waals surface area contributed by atoms with Crippen LogP contribution in [0, 0.1) is 30.6 Å². The fraction of sp³-hybridized carbons (Fsp3) is 0.776. The van der Waals surface area contributed by atoms with Crippen molar-refractivity contribution in [1.82, 2.24) is 14.5 Å². The summed E-state index contributed by atoms with van der Waals surface area (Å²) in [6, 6.07) is 3.00. The number of ketones is 1. The summed E-state index contributed by atoms with van der Waals surface area (Å²) in [4.78, 5) is 56.9. The number of aliphatic hydroxyl groups excluding tert-OH is 3. The number of ether oxygens (including phenoxy) is 6. The average Bonchev–Trinajstić information content (AvgIpc) is 3.27. The Kier molecular flexibility index (Phi) is 19.1. The van der Waals surface area contributed by atoms with E-state index < -0.39 is 119 Å². The van der Waals surface area contributed by atoms with Gasteiger partial charge in [0.1, 0.15) is 40.9 Å². The van der Waals surface area contributed by atoms with Crippen LogP contribution in [0.25, 0.3) is 11.0 Å². The minimum absolute atomic E-state index is 0.0936. The summed E-state index contributed by atoms with van der Waals surface area (Å²) in [5.41, 5.74) is -4.21. The number of fused-ring (bicyclic) bond motifs is 1. The Hall–Kier alpha value is -3.47. The molecule has 3 fully saturated rings. The highest BCUT2D eigenvalue weighted by atomic mass is 16.7. The number of rotatable bonds is 9. The van der Waals surface area contributed by atoms with Crippen molar-refractivity contribution in [3.05, 3.63) is 39.8 Å². The van der Waals surface area contributed by atoms with Gasteiger partial charge in [0.15, 0.2) is 12.6 Å². The number of pyridine rings is 2. The van der Waals surface area contributed by atoms with E-state index in [1.54, 1.807) is 58.2 Å². The number of hydrogen-bond acceptors (Lipinski definition) is 17. The van der Waals surface area contributed by atoms with Gasteiger partial charge in [0.05, 0.1) is 53.0 Å². The number of aromatic nitrogens is 2. The Morgan fingerprint density at radius 2 is 1.56 bits per heavy atom. The summed E-state index contributed by atoms with van der Waals surface area (Å²) in [5, 5.41) is 66.9. The molecule has 0 aliphatic carbocycles. The van der Waals surface area contributed by atoms with Crippen molar-refractivity contribution in [2.75, 3.05) is 21.2 Å². The van der Waals surface area contributed by atoms with Crippen LogP contribution < -0.4 is 5.43 Å². The predicted octanol–water partition coefficient (Wildman–Crippen LogP) is 3.21. The number of carboxylic acid groups (broad SMARTS) is 1. The summed E-state index contributed by atoms with van der Waals surface area (Å²) in [7, 11) is 5.18. The Bertz CT molecular complexity index is 2110. The lowest BCUT2D eigenvalue weighted by Crippen LogP contribution is -2.61. The zero-order valence-corrected chi connectivity index (χ0v) is 42.5. The van der Waals surface area contributed by atoms with E-state index in [-0.39, 0.29) is 37.0 Å². The molecule has 0 saturated carbocycles. The molecule has 0 bridgehead atoms. The first-order valence-electron chi connectivity index (χ1n) is 23.8. The van der Waals surface area contributed by atoms with Gasteiger partial charge in [-0.1, -0.05) is 27.7 Å². The van der Waals surface area contributed by atoms with Crippen LogP contribution in [0.1, 0.15) is 118 Å². The first-order valence-corrected chi connectivity index (χ1v) is 23.8. The molecule has 2 aromatic rings. The normalized spacial score (nSPS) is 40.0. The minimum Gasteiger partial charge on any atom is -0.477 e. The average molecular weight is 966 g/mol. The van der Waals surface area contributed by atoms with Gasteiger partial charge >= 0.3 is 11.9 Å². The number of cyclic esters (lactones) is 1. The van der Waals surface area contributed by atoms with Crippen LogP contribution in [0.5, 0.6) is 0 Å². The van der Waals surface area contributed by atoms with Crippen molar-refractivity contribution in [3.63, 3.8) is 0 Å². The molecule has 0 aromatic carbocycles. The van der Waals surface area contributed by atoms with Crippen LogP contribution in [0.4, 0.5) is 0 Å². The second-order valence-electron chi connectivity index (χ2n) is 20.3. The van der Waals surface area contributed by atoms with Gasteiger partial charge in [-0.25, -0.2) is 9.78 Å². The molecule has 6 N–H and O–H groups in total. The number of Topliss-reactive ketones (excluding diaryl/α,β-unsaturated/α-hetero) is 1. The lowest BCUT2D eigenvalue weighted by molar-refractivity contribution is -0.318. The molecule has 5 heterocycles. The third-order valence-electron chi connectivity index (χ3n) is 14.5. The molecule has 5 rings (SSSR count). The van der Waals surface area contributed by atoms with Gasteiger partial charge in [0.2, 0.25) is 5.43 Å². The van der Waals surface area contributed by atoms with Crippen LogP contribution in [0.3, 0.4) is 0 Å². The molecule has 386 valence electrons. The van der Waals surface area contributed by atoms with E-state index in [4.69, 9.17) is 33.5 Å². The molecule has 0 spiro atoms. The smallest absolute Gasteiger partial charge is 0.341 e. The number of likely N-dealkylation sites (N-methyl/N-ethyl adjacent to an activating group) is 1. The monoisotopic (exact) mass is 966 g/mol. The largest absolute Gasteiger partial charge is 0.477 e. The van der Waals surface area contributed by atoms with E-state index in [0.717, 1.165) is 5.69 Å². The Labute approximate surface area is 400 Å². The predicted molar refractivity (Wildman–Crippen MR) is 250 cm³/mol. The lowest BCUT2D eigenvalue weighted by Gasteiger charge is -2.49. The second kappa shape index (κ2) is 22.7. The Balaban J connectivity index is 0.000000493. The quantitative estimate of drug-likeness (QED) is 0.197. The van der Waals surface area contributed by atoms with Crippen molar-refractivity contribution in [2.24, 2.45) is 23.7 Å². The number of hydrogen-bond donors (Lipinski definition) is 6.